The van der Waals surface area contributed by atoms with Crippen molar-refractivity contribution in [2.75, 3.05) is 6.54 Å². The first-order valence-electron chi connectivity index (χ1n) is 8.96. The number of carbonyl (C=O) groups excluding carboxylic acids is 2. The van der Waals surface area contributed by atoms with Gasteiger partial charge in [-0.3, -0.25) is 9.59 Å². The first kappa shape index (κ1) is 17.5. The van der Waals surface area contributed by atoms with Gasteiger partial charge in [0.1, 0.15) is 6.04 Å². The summed E-state index contributed by atoms with van der Waals surface area (Å²) in [5.74, 6) is -0.938. The molecule has 2 N–H and O–H groups in total. The summed E-state index contributed by atoms with van der Waals surface area (Å²) in [5.41, 5.74) is 1.41. The van der Waals surface area contributed by atoms with Gasteiger partial charge in [0.05, 0.1) is 0 Å². The molecule has 134 valence electrons. The van der Waals surface area contributed by atoms with Crippen LogP contribution >= 0.6 is 0 Å². The van der Waals surface area contributed by atoms with E-state index in [0.29, 0.717) is 31.5 Å². The quantitative estimate of drug-likeness (QED) is 0.857. The minimum absolute atomic E-state index is 0.110. The van der Waals surface area contributed by atoms with E-state index in [0.717, 1.165) is 31.2 Å². The molecule has 0 aromatic heterocycles. The van der Waals surface area contributed by atoms with E-state index in [1.807, 2.05) is 12.1 Å². The van der Waals surface area contributed by atoms with Gasteiger partial charge in [-0.25, -0.2) is 4.79 Å². The van der Waals surface area contributed by atoms with Crippen molar-refractivity contribution in [2.24, 2.45) is 5.92 Å². The molecule has 0 radical (unpaired) electrons. The molecule has 0 bridgehead atoms. The fourth-order valence-corrected chi connectivity index (χ4v) is 3.72. The lowest BCUT2D eigenvalue weighted by Crippen LogP contribution is -2.40. The number of benzene rings is 1. The molecule has 1 aliphatic carbocycles. The van der Waals surface area contributed by atoms with Gasteiger partial charge in [0.15, 0.2) is 0 Å². The van der Waals surface area contributed by atoms with Crippen molar-refractivity contribution in [2.45, 2.75) is 51.1 Å². The number of nitrogens with one attached hydrogen (secondary N) is 1. The Morgan fingerprint density at radius 1 is 1.04 bits per heavy atom. The van der Waals surface area contributed by atoms with Gasteiger partial charge < -0.3 is 15.3 Å². The molecule has 1 saturated carbocycles. The highest BCUT2D eigenvalue weighted by Gasteiger charge is 2.34. The maximum atomic E-state index is 12.5. The van der Waals surface area contributed by atoms with Crippen LogP contribution in [0.3, 0.4) is 0 Å². The van der Waals surface area contributed by atoms with Gasteiger partial charge in [-0.2, -0.15) is 0 Å². The van der Waals surface area contributed by atoms with E-state index in [1.54, 1.807) is 12.1 Å². The predicted molar refractivity (Wildman–Crippen MR) is 91.9 cm³/mol. The highest BCUT2D eigenvalue weighted by Crippen LogP contribution is 2.25. The van der Waals surface area contributed by atoms with Gasteiger partial charge in [0.2, 0.25) is 5.91 Å². The van der Waals surface area contributed by atoms with Crippen molar-refractivity contribution in [3.05, 3.63) is 35.4 Å². The standard InChI is InChI=1S/C19H24N2O4/c22-17(14-4-1-2-5-14)20-12-13-7-9-15(10-8-13)18(23)21-11-3-6-16(21)19(24)25/h7-10,14,16H,1-6,11-12H2,(H,20,22)(H,24,25)/t16-/m1/s1. The highest BCUT2D eigenvalue weighted by molar-refractivity contribution is 5.97. The molecule has 1 heterocycles. The molecule has 25 heavy (non-hydrogen) atoms. The molecule has 2 fully saturated rings. The van der Waals surface area contributed by atoms with Crippen molar-refractivity contribution in [1.29, 1.82) is 0 Å². The van der Waals surface area contributed by atoms with Gasteiger partial charge in [0, 0.05) is 24.6 Å². The molecule has 6 nitrogen and oxygen atoms in total. The number of carbonyl (C=O) groups is 3. The Morgan fingerprint density at radius 2 is 1.72 bits per heavy atom. The summed E-state index contributed by atoms with van der Waals surface area (Å²) in [5, 5.41) is 12.2. The average Bonchev–Trinajstić information content (AvgIpc) is 3.30. The summed E-state index contributed by atoms with van der Waals surface area (Å²) in [6, 6.07) is 6.31. The van der Waals surface area contributed by atoms with Crippen LogP contribution in [0.15, 0.2) is 24.3 Å². The zero-order valence-corrected chi connectivity index (χ0v) is 14.2. The van der Waals surface area contributed by atoms with Crippen molar-refractivity contribution in [3.63, 3.8) is 0 Å². The lowest BCUT2D eigenvalue weighted by Gasteiger charge is -2.21. The Labute approximate surface area is 147 Å². The second-order valence-electron chi connectivity index (χ2n) is 6.89. The number of carboxylic acids is 1. The van der Waals surface area contributed by atoms with Crippen molar-refractivity contribution in [1.82, 2.24) is 10.2 Å². The van der Waals surface area contributed by atoms with Crippen molar-refractivity contribution < 1.29 is 19.5 Å². The summed E-state index contributed by atoms with van der Waals surface area (Å²) in [4.78, 5) is 37.2. The van der Waals surface area contributed by atoms with Crippen LogP contribution in [0.1, 0.15) is 54.4 Å². The summed E-state index contributed by atoms with van der Waals surface area (Å²) in [6.07, 6.45) is 5.42. The van der Waals surface area contributed by atoms with Gasteiger partial charge in [0.25, 0.3) is 5.91 Å². The van der Waals surface area contributed by atoms with E-state index < -0.39 is 12.0 Å². The Hall–Kier alpha value is -2.37. The second-order valence-corrected chi connectivity index (χ2v) is 6.89. The topological polar surface area (TPSA) is 86.7 Å². The number of amides is 2. The fourth-order valence-electron chi connectivity index (χ4n) is 3.72. The Balaban J connectivity index is 1.57. The fraction of sp³-hybridized carbons (Fsp3) is 0.526. The Kier molecular flexibility index (Phi) is 5.36. The minimum atomic E-state index is -0.947. The van der Waals surface area contributed by atoms with E-state index in [9.17, 15) is 19.5 Å². The third-order valence-corrected chi connectivity index (χ3v) is 5.19. The minimum Gasteiger partial charge on any atom is -0.480 e. The van der Waals surface area contributed by atoms with Crippen molar-refractivity contribution in [3.8, 4) is 0 Å². The molecule has 1 atom stereocenters. The summed E-state index contributed by atoms with van der Waals surface area (Å²) >= 11 is 0. The van der Waals surface area contributed by atoms with Crippen LogP contribution in [-0.2, 0) is 16.1 Å². The van der Waals surface area contributed by atoms with Crippen molar-refractivity contribution >= 4 is 17.8 Å². The molecule has 0 spiro atoms. The Bertz CT molecular complexity index is 650. The van der Waals surface area contributed by atoms with E-state index in [4.69, 9.17) is 0 Å². The van der Waals surface area contributed by atoms with Crippen LogP contribution in [0, 0.1) is 5.92 Å². The zero-order chi connectivity index (χ0) is 17.8. The molecule has 1 aromatic carbocycles. The van der Waals surface area contributed by atoms with E-state index >= 15 is 0 Å². The molecular weight excluding hydrogens is 320 g/mol. The normalized spacial score (nSPS) is 20.6. The van der Waals surface area contributed by atoms with Gasteiger partial charge in [-0.1, -0.05) is 25.0 Å². The number of hydrogen-bond donors (Lipinski definition) is 2. The van der Waals surface area contributed by atoms with Gasteiger partial charge in [-0.05, 0) is 43.4 Å². The SMILES string of the molecule is O=C(NCc1ccc(C(=O)N2CCC[C@@H]2C(=O)O)cc1)C1CCCC1. The molecular formula is C19H24N2O4. The zero-order valence-electron chi connectivity index (χ0n) is 14.2. The number of hydrogen-bond acceptors (Lipinski definition) is 3. The summed E-state index contributed by atoms with van der Waals surface area (Å²) in [6.45, 7) is 0.931. The number of nitrogens with zero attached hydrogens (tertiary/aromatic N) is 1. The van der Waals surface area contributed by atoms with Crippen LogP contribution in [0.25, 0.3) is 0 Å². The lowest BCUT2D eigenvalue weighted by molar-refractivity contribution is -0.141. The van der Waals surface area contributed by atoms with Crippen LogP contribution in [-0.4, -0.2) is 40.4 Å². The number of rotatable bonds is 5. The first-order valence-corrected chi connectivity index (χ1v) is 8.96. The molecule has 1 aromatic rings. The number of carboxylic acid groups (broad SMARTS) is 1. The summed E-state index contributed by atoms with van der Waals surface area (Å²) in [7, 11) is 0. The average molecular weight is 344 g/mol. The maximum Gasteiger partial charge on any atom is 0.326 e. The predicted octanol–water partition coefficient (Wildman–Crippen LogP) is 2.18. The third kappa shape index (κ3) is 4.00. The molecule has 0 unspecified atom stereocenters. The molecule has 1 saturated heterocycles. The second kappa shape index (κ2) is 7.68. The van der Waals surface area contributed by atoms with E-state index in [1.165, 1.54) is 4.90 Å². The van der Waals surface area contributed by atoms with Crippen LogP contribution < -0.4 is 5.32 Å². The van der Waals surface area contributed by atoms with Crippen LogP contribution in [0.5, 0.6) is 0 Å². The largest absolute Gasteiger partial charge is 0.480 e. The summed E-state index contributed by atoms with van der Waals surface area (Å²) < 4.78 is 0. The maximum absolute atomic E-state index is 12.5. The molecule has 6 heteroatoms. The lowest BCUT2D eigenvalue weighted by atomic mass is 10.1. The molecule has 1 aliphatic heterocycles. The van der Waals surface area contributed by atoms with Crippen LogP contribution in [0.2, 0.25) is 0 Å². The van der Waals surface area contributed by atoms with Crippen LogP contribution in [0.4, 0.5) is 0 Å². The van der Waals surface area contributed by atoms with E-state index in [-0.39, 0.29) is 17.7 Å². The van der Waals surface area contributed by atoms with Gasteiger partial charge >= 0.3 is 5.97 Å². The first-order chi connectivity index (χ1) is 12.1. The molecule has 3 rings (SSSR count). The molecule has 2 amide bonds. The molecule has 2 aliphatic rings. The Morgan fingerprint density at radius 3 is 2.36 bits per heavy atom. The van der Waals surface area contributed by atoms with E-state index in [2.05, 4.69) is 5.32 Å². The van der Waals surface area contributed by atoms with Gasteiger partial charge in [-0.15, -0.1) is 0 Å². The smallest absolute Gasteiger partial charge is 0.326 e. The number of likely N-dealkylation sites (tertiary alicyclic amines) is 1. The third-order valence-electron chi connectivity index (χ3n) is 5.19. The monoisotopic (exact) mass is 344 g/mol. The number of aliphatic carboxylic acids is 1. The highest BCUT2D eigenvalue weighted by atomic mass is 16.4.